The molecule has 0 saturated heterocycles. The summed E-state index contributed by atoms with van der Waals surface area (Å²) in [5.74, 6) is 1.01. The lowest BCUT2D eigenvalue weighted by atomic mass is 10.2. The maximum atomic E-state index is 12.0. The van der Waals surface area contributed by atoms with Crippen LogP contribution in [0.4, 0.5) is 0 Å². The summed E-state index contributed by atoms with van der Waals surface area (Å²) >= 11 is 1.35. The minimum absolute atomic E-state index is 0.0304. The Morgan fingerprint density at radius 3 is 2.82 bits per heavy atom. The van der Waals surface area contributed by atoms with E-state index < -0.39 is 0 Å². The van der Waals surface area contributed by atoms with E-state index in [1.807, 2.05) is 31.2 Å². The molecule has 1 fully saturated rings. The number of hydrogen-bond donors (Lipinski definition) is 1. The van der Waals surface area contributed by atoms with E-state index in [0.717, 1.165) is 5.69 Å². The summed E-state index contributed by atoms with van der Waals surface area (Å²) in [5.41, 5.74) is 2.07. The second-order valence-corrected chi connectivity index (χ2v) is 6.63. The van der Waals surface area contributed by atoms with E-state index >= 15 is 0 Å². The van der Waals surface area contributed by atoms with Crippen LogP contribution in [0.25, 0.3) is 5.69 Å². The van der Waals surface area contributed by atoms with E-state index in [1.165, 1.54) is 30.2 Å². The van der Waals surface area contributed by atoms with Gasteiger partial charge in [-0.15, -0.1) is 5.10 Å². The number of hydrogen-bond acceptors (Lipinski definition) is 5. The lowest BCUT2D eigenvalue weighted by Crippen LogP contribution is -2.35. The zero-order valence-electron chi connectivity index (χ0n) is 12.7. The first-order chi connectivity index (χ1) is 10.6. The molecule has 1 aliphatic rings. The van der Waals surface area contributed by atoms with Crippen LogP contribution in [0.3, 0.4) is 0 Å². The van der Waals surface area contributed by atoms with Gasteiger partial charge in [0.2, 0.25) is 11.1 Å². The monoisotopic (exact) mass is 317 g/mol. The zero-order chi connectivity index (χ0) is 15.5. The Balaban J connectivity index is 1.60. The van der Waals surface area contributed by atoms with Crippen LogP contribution in [0.2, 0.25) is 0 Å². The van der Waals surface area contributed by atoms with Gasteiger partial charge in [-0.05, 0) is 55.2 Å². The van der Waals surface area contributed by atoms with Gasteiger partial charge in [0.05, 0.1) is 11.4 Å². The number of aromatic nitrogens is 4. The molecule has 0 bridgehead atoms. The van der Waals surface area contributed by atoms with E-state index in [-0.39, 0.29) is 11.9 Å². The second kappa shape index (κ2) is 6.48. The van der Waals surface area contributed by atoms with Gasteiger partial charge in [-0.3, -0.25) is 4.79 Å². The van der Waals surface area contributed by atoms with Crippen LogP contribution in [0.15, 0.2) is 29.4 Å². The molecule has 22 heavy (non-hydrogen) atoms. The van der Waals surface area contributed by atoms with Crippen molar-refractivity contribution in [3.8, 4) is 5.69 Å². The molecule has 2 aromatic rings. The van der Waals surface area contributed by atoms with Gasteiger partial charge in [0.25, 0.3) is 0 Å². The summed E-state index contributed by atoms with van der Waals surface area (Å²) in [6.07, 6.45) is 2.44. The normalized spacial score (nSPS) is 15.5. The highest BCUT2D eigenvalue weighted by Crippen LogP contribution is 2.32. The van der Waals surface area contributed by atoms with Gasteiger partial charge in [-0.1, -0.05) is 29.5 Å². The van der Waals surface area contributed by atoms with Gasteiger partial charge in [0.15, 0.2) is 0 Å². The minimum atomic E-state index is 0.0304. The van der Waals surface area contributed by atoms with Gasteiger partial charge >= 0.3 is 0 Å². The van der Waals surface area contributed by atoms with E-state index in [1.54, 1.807) is 4.68 Å². The molecule has 0 spiro atoms. The molecule has 116 valence electrons. The van der Waals surface area contributed by atoms with Crippen LogP contribution in [-0.2, 0) is 4.79 Å². The molecule has 3 rings (SSSR count). The highest BCUT2D eigenvalue weighted by Gasteiger charge is 2.28. The molecule has 1 aromatic carbocycles. The molecule has 0 aliphatic heterocycles. The van der Waals surface area contributed by atoms with E-state index in [0.29, 0.717) is 16.8 Å². The number of carbonyl (C=O) groups excluding carboxylic acids is 1. The standard InChI is InChI=1S/C15H19N5OS/c1-10-3-7-13(8-4-10)20-15(17-18-19-20)22-9-14(21)16-11(2)12-5-6-12/h3-4,7-8,11-12H,5-6,9H2,1-2H3,(H,16,21)/t11-/m0/s1. The van der Waals surface area contributed by atoms with Crippen LogP contribution >= 0.6 is 11.8 Å². The number of rotatable bonds is 6. The molecular weight excluding hydrogens is 298 g/mol. The number of nitrogens with one attached hydrogen (secondary N) is 1. The van der Waals surface area contributed by atoms with Crippen molar-refractivity contribution < 1.29 is 4.79 Å². The van der Waals surface area contributed by atoms with E-state index in [9.17, 15) is 4.79 Å². The Morgan fingerprint density at radius 1 is 1.41 bits per heavy atom. The van der Waals surface area contributed by atoms with Crippen molar-refractivity contribution in [2.45, 2.75) is 37.9 Å². The van der Waals surface area contributed by atoms with Crippen molar-refractivity contribution in [1.29, 1.82) is 0 Å². The number of amides is 1. The lowest BCUT2D eigenvalue weighted by Gasteiger charge is -2.12. The largest absolute Gasteiger partial charge is 0.353 e. The third-order valence-corrected chi connectivity index (χ3v) is 4.69. The summed E-state index contributed by atoms with van der Waals surface area (Å²) in [5, 5.41) is 15.4. The first kappa shape index (κ1) is 15.0. The maximum Gasteiger partial charge on any atom is 0.230 e. The summed E-state index contributed by atoms with van der Waals surface area (Å²) < 4.78 is 1.65. The van der Waals surface area contributed by atoms with Gasteiger partial charge in [-0.25, -0.2) is 0 Å². The summed E-state index contributed by atoms with van der Waals surface area (Å²) in [6, 6.07) is 8.21. The third-order valence-electron chi connectivity index (χ3n) is 3.77. The van der Waals surface area contributed by atoms with Crippen LogP contribution < -0.4 is 5.32 Å². The Bertz CT molecular complexity index is 650. The number of benzene rings is 1. The molecule has 7 heteroatoms. The van der Waals surface area contributed by atoms with E-state index in [4.69, 9.17) is 0 Å². The van der Waals surface area contributed by atoms with Crippen molar-refractivity contribution in [3.05, 3.63) is 29.8 Å². The third kappa shape index (κ3) is 3.65. The van der Waals surface area contributed by atoms with Crippen LogP contribution in [0.5, 0.6) is 0 Å². The number of carbonyl (C=O) groups is 1. The highest BCUT2D eigenvalue weighted by molar-refractivity contribution is 7.99. The number of tetrazole rings is 1. The van der Waals surface area contributed by atoms with Crippen LogP contribution in [-0.4, -0.2) is 37.9 Å². The summed E-state index contributed by atoms with van der Waals surface area (Å²) in [6.45, 7) is 4.10. The molecule has 1 heterocycles. The highest BCUT2D eigenvalue weighted by atomic mass is 32.2. The Hall–Kier alpha value is -1.89. The first-order valence-electron chi connectivity index (χ1n) is 7.41. The molecule has 1 N–H and O–H groups in total. The summed E-state index contributed by atoms with van der Waals surface area (Å²) in [4.78, 5) is 12.0. The SMILES string of the molecule is Cc1ccc(-n2nnnc2SCC(=O)N[C@@H](C)C2CC2)cc1. The first-order valence-corrected chi connectivity index (χ1v) is 8.39. The summed E-state index contributed by atoms with van der Waals surface area (Å²) in [7, 11) is 0. The predicted octanol–water partition coefficient (Wildman–Crippen LogP) is 1.98. The van der Waals surface area contributed by atoms with Crippen LogP contribution in [0, 0.1) is 12.8 Å². The maximum absolute atomic E-state index is 12.0. The average Bonchev–Trinajstić information content (AvgIpc) is 3.25. The Kier molecular flexibility index (Phi) is 4.42. The minimum Gasteiger partial charge on any atom is -0.353 e. The average molecular weight is 317 g/mol. The molecule has 1 saturated carbocycles. The Morgan fingerprint density at radius 2 is 2.14 bits per heavy atom. The Labute approximate surface area is 133 Å². The van der Waals surface area contributed by atoms with Gasteiger partial charge in [0, 0.05) is 6.04 Å². The molecule has 1 amide bonds. The number of aryl methyl sites for hydroxylation is 1. The van der Waals surface area contributed by atoms with E-state index in [2.05, 4.69) is 27.8 Å². The molecule has 1 aromatic heterocycles. The lowest BCUT2D eigenvalue weighted by molar-refractivity contribution is -0.119. The topological polar surface area (TPSA) is 72.7 Å². The van der Waals surface area contributed by atoms with Crippen molar-refractivity contribution in [2.24, 2.45) is 5.92 Å². The predicted molar refractivity (Wildman–Crippen MR) is 84.9 cm³/mol. The van der Waals surface area contributed by atoms with Gasteiger partial charge in [0.1, 0.15) is 0 Å². The van der Waals surface area contributed by atoms with Crippen molar-refractivity contribution >= 4 is 17.7 Å². The molecule has 6 nitrogen and oxygen atoms in total. The fraction of sp³-hybridized carbons (Fsp3) is 0.467. The number of nitrogens with zero attached hydrogens (tertiary/aromatic N) is 4. The number of thioether (sulfide) groups is 1. The fourth-order valence-corrected chi connectivity index (χ4v) is 2.96. The van der Waals surface area contributed by atoms with Crippen LogP contribution in [0.1, 0.15) is 25.3 Å². The zero-order valence-corrected chi connectivity index (χ0v) is 13.5. The van der Waals surface area contributed by atoms with Crippen molar-refractivity contribution in [3.63, 3.8) is 0 Å². The molecule has 1 aliphatic carbocycles. The second-order valence-electron chi connectivity index (χ2n) is 5.69. The molecular formula is C15H19N5OS. The molecule has 0 unspecified atom stereocenters. The fourth-order valence-electron chi connectivity index (χ4n) is 2.26. The molecule has 0 radical (unpaired) electrons. The van der Waals surface area contributed by atoms with Crippen molar-refractivity contribution in [2.75, 3.05) is 5.75 Å². The van der Waals surface area contributed by atoms with Gasteiger partial charge < -0.3 is 5.32 Å². The smallest absolute Gasteiger partial charge is 0.230 e. The van der Waals surface area contributed by atoms with Gasteiger partial charge in [-0.2, -0.15) is 4.68 Å². The molecule has 1 atom stereocenters. The quantitative estimate of drug-likeness (QED) is 0.825. The van der Waals surface area contributed by atoms with Crippen molar-refractivity contribution in [1.82, 2.24) is 25.5 Å².